The third kappa shape index (κ3) is 5.75. The van der Waals surface area contributed by atoms with Crippen molar-refractivity contribution in [1.82, 2.24) is 4.90 Å². The van der Waals surface area contributed by atoms with Gasteiger partial charge >= 0.3 is 11.9 Å². The van der Waals surface area contributed by atoms with Crippen molar-refractivity contribution < 1.29 is 32.4 Å². The van der Waals surface area contributed by atoms with Crippen molar-refractivity contribution in [3.63, 3.8) is 0 Å². The van der Waals surface area contributed by atoms with Crippen molar-refractivity contribution >= 4 is 33.2 Å². The maximum absolute atomic E-state index is 13.8. The number of nitro benzene ring substituents is 1. The van der Waals surface area contributed by atoms with Crippen LogP contribution in [0.3, 0.4) is 0 Å². The van der Waals surface area contributed by atoms with Gasteiger partial charge in [-0.15, -0.1) is 0 Å². The standard InChI is InChI=1S/C32H32BrF3N2O5/c1-6-37-21-13-30(2,3)15-23(39)28(21)27(29-22(37)14-31(4,5)16-24(29)40)17-7-9-25(19(33)11-17)43-26-10-8-18(32(34,35)36)12-20(26)38(41)42/h7-12,27H,6,13-16H2,1-5H3. The number of alkyl halides is 3. The molecule has 3 aliphatic rings. The minimum Gasteiger partial charge on any atom is -0.449 e. The van der Waals surface area contributed by atoms with E-state index in [0.717, 1.165) is 23.5 Å². The molecule has 0 saturated heterocycles. The normalized spacial score (nSPS) is 20.3. The van der Waals surface area contributed by atoms with Gasteiger partial charge in [0.2, 0.25) is 5.75 Å². The van der Waals surface area contributed by atoms with Crippen LogP contribution in [0.1, 0.15) is 77.3 Å². The van der Waals surface area contributed by atoms with Crippen molar-refractivity contribution in [2.75, 3.05) is 6.54 Å². The molecule has 43 heavy (non-hydrogen) atoms. The second-order valence-electron chi connectivity index (χ2n) is 13.0. The molecule has 0 N–H and O–H groups in total. The maximum atomic E-state index is 13.8. The second-order valence-corrected chi connectivity index (χ2v) is 13.9. The van der Waals surface area contributed by atoms with Gasteiger partial charge in [-0.2, -0.15) is 13.2 Å². The number of nitro groups is 1. The van der Waals surface area contributed by atoms with Crippen molar-refractivity contribution in [2.45, 2.75) is 72.4 Å². The summed E-state index contributed by atoms with van der Waals surface area (Å²) in [6.45, 7) is 10.9. The number of rotatable bonds is 5. The molecule has 2 aromatic rings. The van der Waals surface area contributed by atoms with Crippen LogP contribution in [0.5, 0.6) is 11.5 Å². The Morgan fingerprint density at radius 2 is 1.47 bits per heavy atom. The minimum atomic E-state index is -4.75. The molecule has 0 amide bonds. The van der Waals surface area contributed by atoms with E-state index in [0.29, 0.717) is 59.5 Å². The predicted octanol–water partition coefficient (Wildman–Crippen LogP) is 8.87. The topological polar surface area (TPSA) is 89.8 Å². The van der Waals surface area contributed by atoms with E-state index in [4.69, 9.17) is 4.74 Å². The van der Waals surface area contributed by atoms with Crippen LogP contribution in [0.2, 0.25) is 0 Å². The van der Waals surface area contributed by atoms with Crippen LogP contribution in [0.25, 0.3) is 0 Å². The number of halogens is 4. The van der Waals surface area contributed by atoms with Gasteiger partial charge in [0.1, 0.15) is 5.75 Å². The molecule has 0 unspecified atom stereocenters. The first-order chi connectivity index (χ1) is 19.9. The summed E-state index contributed by atoms with van der Waals surface area (Å²) in [4.78, 5) is 40.4. The van der Waals surface area contributed by atoms with Crippen molar-refractivity contribution in [1.29, 1.82) is 0 Å². The number of Topliss-reactive ketones (excluding diaryl/α,β-unsaturated/α-hetero) is 2. The summed E-state index contributed by atoms with van der Waals surface area (Å²) in [5.41, 5.74) is 1.33. The first kappa shape index (κ1) is 31.0. The molecule has 11 heteroatoms. The van der Waals surface area contributed by atoms with Gasteiger partial charge in [0.15, 0.2) is 11.6 Å². The molecule has 0 saturated carbocycles. The van der Waals surface area contributed by atoms with Gasteiger partial charge in [0.05, 0.1) is 15.0 Å². The van der Waals surface area contributed by atoms with Gasteiger partial charge in [-0.25, -0.2) is 0 Å². The third-order valence-corrected chi connectivity index (χ3v) is 8.95. The number of hydrogen-bond acceptors (Lipinski definition) is 6. The molecular weight excluding hydrogens is 629 g/mol. The number of ether oxygens (including phenoxy) is 1. The Kier molecular flexibility index (Phi) is 7.64. The van der Waals surface area contributed by atoms with Crippen LogP contribution in [-0.4, -0.2) is 27.9 Å². The lowest BCUT2D eigenvalue weighted by Crippen LogP contribution is -2.44. The molecule has 2 aromatic carbocycles. The van der Waals surface area contributed by atoms with Gasteiger partial charge in [0, 0.05) is 53.9 Å². The van der Waals surface area contributed by atoms with Crippen LogP contribution in [-0.2, 0) is 15.8 Å². The lowest BCUT2D eigenvalue weighted by Gasteiger charge is -2.48. The summed E-state index contributed by atoms with van der Waals surface area (Å²) in [5, 5.41) is 11.6. The molecule has 0 aromatic heterocycles. The molecule has 0 bridgehead atoms. The van der Waals surface area contributed by atoms with Crippen LogP contribution < -0.4 is 4.74 Å². The average molecular weight is 662 g/mol. The molecule has 5 rings (SSSR count). The first-order valence-corrected chi connectivity index (χ1v) is 14.8. The predicted molar refractivity (Wildman–Crippen MR) is 158 cm³/mol. The highest BCUT2D eigenvalue weighted by Crippen LogP contribution is 2.55. The Morgan fingerprint density at radius 1 is 0.930 bits per heavy atom. The molecule has 1 heterocycles. The largest absolute Gasteiger partial charge is 0.449 e. The summed E-state index contributed by atoms with van der Waals surface area (Å²) in [5.74, 6) is -0.822. The molecule has 0 radical (unpaired) electrons. The van der Waals surface area contributed by atoms with Crippen LogP contribution in [0, 0.1) is 20.9 Å². The molecule has 7 nitrogen and oxygen atoms in total. The van der Waals surface area contributed by atoms with Crippen molar-refractivity contribution in [3.05, 3.63) is 84.7 Å². The SMILES string of the molecule is CCN1C2=C(C(=O)CC(C)(C)C2)C(c2ccc(Oc3ccc(C(F)(F)F)cc3[N+](=O)[O-])c(Br)c2)C2=C1CC(C)(C)CC2=O. The number of ketones is 2. The minimum absolute atomic E-state index is 0.00397. The van der Waals surface area contributed by atoms with Gasteiger partial charge in [-0.05, 0) is 76.4 Å². The summed E-state index contributed by atoms with van der Waals surface area (Å²) >= 11 is 3.46. The van der Waals surface area contributed by atoms with Gasteiger partial charge < -0.3 is 9.64 Å². The van der Waals surface area contributed by atoms with E-state index in [-0.39, 0.29) is 33.9 Å². The monoisotopic (exact) mass is 660 g/mol. The first-order valence-electron chi connectivity index (χ1n) is 14.1. The second kappa shape index (κ2) is 10.6. The maximum Gasteiger partial charge on any atom is 0.416 e. The molecule has 0 atom stereocenters. The van der Waals surface area contributed by atoms with E-state index >= 15 is 0 Å². The van der Waals surface area contributed by atoms with E-state index in [1.807, 2.05) is 6.92 Å². The number of carbonyl (C=O) groups excluding carboxylic acids is 2. The van der Waals surface area contributed by atoms with E-state index in [1.54, 1.807) is 18.2 Å². The highest BCUT2D eigenvalue weighted by atomic mass is 79.9. The molecular formula is C32H32BrF3N2O5. The average Bonchev–Trinajstić information content (AvgIpc) is 2.86. The zero-order valence-corrected chi connectivity index (χ0v) is 26.1. The highest BCUT2D eigenvalue weighted by molar-refractivity contribution is 9.10. The molecule has 0 fully saturated rings. The summed E-state index contributed by atoms with van der Waals surface area (Å²) in [6, 6.07) is 7.04. The molecule has 0 spiro atoms. The quantitative estimate of drug-likeness (QED) is 0.235. The molecule has 1 aliphatic heterocycles. The van der Waals surface area contributed by atoms with E-state index in [2.05, 4.69) is 48.5 Å². The fourth-order valence-corrected chi connectivity index (χ4v) is 7.06. The van der Waals surface area contributed by atoms with Gasteiger partial charge in [-0.1, -0.05) is 33.8 Å². The van der Waals surface area contributed by atoms with Crippen LogP contribution >= 0.6 is 15.9 Å². The number of allylic oxidation sites excluding steroid dienone is 4. The van der Waals surface area contributed by atoms with E-state index in [9.17, 15) is 32.9 Å². The smallest absolute Gasteiger partial charge is 0.416 e. The molecule has 2 aliphatic carbocycles. The number of benzene rings is 2. The Bertz CT molecular complexity index is 1570. The Hall–Kier alpha value is -3.47. The van der Waals surface area contributed by atoms with Gasteiger partial charge in [0.25, 0.3) is 0 Å². The number of carbonyl (C=O) groups is 2. The van der Waals surface area contributed by atoms with Crippen molar-refractivity contribution in [3.8, 4) is 11.5 Å². The zero-order chi connectivity index (χ0) is 31.6. The lowest BCUT2D eigenvalue weighted by molar-refractivity contribution is -0.385. The Labute approximate surface area is 256 Å². The third-order valence-electron chi connectivity index (χ3n) is 8.33. The summed E-state index contributed by atoms with van der Waals surface area (Å²) in [6.07, 6.45) is -2.69. The Morgan fingerprint density at radius 3 is 1.93 bits per heavy atom. The Balaban J connectivity index is 1.61. The highest BCUT2D eigenvalue weighted by Gasteiger charge is 2.48. The van der Waals surface area contributed by atoms with Crippen LogP contribution in [0.4, 0.5) is 18.9 Å². The lowest BCUT2D eigenvalue weighted by atomic mass is 9.63. The van der Waals surface area contributed by atoms with Crippen LogP contribution in [0.15, 0.2) is 63.4 Å². The number of nitrogens with zero attached hydrogens (tertiary/aromatic N) is 2. The van der Waals surface area contributed by atoms with E-state index in [1.165, 1.54) is 0 Å². The van der Waals surface area contributed by atoms with E-state index < -0.39 is 28.3 Å². The van der Waals surface area contributed by atoms with Gasteiger partial charge in [-0.3, -0.25) is 19.7 Å². The summed E-state index contributed by atoms with van der Waals surface area (Å²) in [7, 11) is 0. The fourth-order valence-electron chi connectivity index (χ4n) is 6.58. The number of hydrogen-bond donors (Lipinski definition) is 0. The molecule has 228 valence electrons. The zero-order valence-electron chi connectivity index (χ0n) is 24.5. The summed E-state index contributed by atoms with van der Waals surface area (Å²) < 4.78 is 45.6. The van der Waals surface area contributed by atoms with Crippen molar-refractivity contribution in [2.24, 2.45) is 10.8 Å². The fraction of sp³-hybridized carbons (Fsp3) is 0.438.